The summed E-state index contributed by atoms with van der Waals surface area (Å²) in [5.41, 5.74) is -0.0560. The Bertz CT molecular complexity index is 915. The van der Waals surface area contributed by atoms with Gasteiger partial charge in [-0.25, -0.2) is 12.8 Å². The zero-order valence-electron chi connectivity index (χ0n) is 16.4. The van der Waals surface area contributed by atoms with Gasteiger partial charge < -0.3 is 4.74 Å². The fraction of sp³-hybridized carbons (Fsp3) is 0.421. The van der Waals surface area contributed by atoms with Crippen molar-refractivity contribution < 1.29 is 27.2 Å². The van der Waals surface area contributed by atoms with Gasteiger partial charge in [0, 0.05) is 4.88 Å². The molecule has 1 aromatic heterocycles. The Kier molecular flexibility index (Phi) is 6.97. The van der Waals surface area contributed by atoms with Gasteiger partial charge >= 0.3 is 5.97 Å². The lowest BCUT2D eigenvalue weighted by atomic mass is 10.2. The van der Waals surface area contributed by atoms with Crippen LogP contribution in [0.3, 0.4) is 0 Å². The van der Waals surface area contributed by atoms with Crippen molar-refractivity contribution in [3.05, 3.63) is 42.2 Å². The van der Waals surface area contributed by atoms with Crippen molar-refractivity contribution in [3.8, 4) is 10.4 Å². The van der Waals surface area contributed by atoms with Crippen LogP contribution in [0.2, 0.25) is 0 Å². The second-order valence-corrected chi connectivity index (χ2v) is 10.5. The van der Waals surface area contributed by atoms with E-state index in [2.05, 4.69) is 0 Å². The van der Waals surface area contributed by atoms with Gasteiger partial charge in [-0.15, -0.1) is 11.3 Å². The molecular formula is C19H24FNO5S2. The van der Waals surface area contributed by atoms with Crippen LogP contribution >= 0.6 is 11.3 Å². The highest BCUT2D eigenvalue weighted by Crippen LogP contribution is 2.32. The Balaban J connectivity index is 2.29. The molecule has 0 saturated heterocycles. The highest BCUT2D eigenvalue weighted by atomic mass is 32.2. The van der Waals surface area contributed by atoms with Crippen LogP contribution in [0.4, 0.5) is 4.39 Å². The summed E-state index contributed by atoms with van der Waals surface area (Å²) in [6.07, 6.45) is -0.464. The number of ether oxygens (including phenoxy) is 1. The van der Waals surface area contributed by atoms with Crippen molar-refractivity contribution >= 4 is 27.3 Å². The minimum absolute atomic E-state index is 0.0102. The maximum atomic E-state index is 13.1. The molecule has 6 nitrogen and oxygen atoms in total. The van der Waals surface area contributed by atoms with Crippen LogP contribution in [0.25, 0.3) is 10.4 Å². The molecule has 0 bridgehead atoms. The highest BCUT2D eigenvalue weighted by Gasteiger charge is 2.32. The lowest BCUT2D eigenvalue weighted by Crippen LogP contribution is -2.39. The number of halogens is 1. The zero-order valence-corrected chi connectivity index (χ0v) is 18.1. The van der Waals surface area contributed by atoms with E-state index < -0.39 is 34.2 Å². The van der Waals surface area contributed by atoms with Gasteiger partial charge in [0.25, 0.3) is 10.0 Å². The molecule has 28 heavy (non-hydrogen) atoms. The fourth-order valence-electron chi connectivity index (χ4n) is 2.22. The van der Waals surface area contributed by atoms with E-state index in [4.69, 9.17) is 9.57 Å². The van der Waals surface area contributed by atoms with E-state index in [1.165, 1.54) is 18.2 Å². The van der Waals surface area contributed by atoms with Crippen LogP contribution in [-0.4, -0.2) is 37.1 Å². The number of nitrogens with zero attached hydrogens (tertiary/aromatic N) is 1. The normalized spacial score (nSPS) is 12.6. The summed E-state index contributed by atoms with van der Waals surface area (Å²) in [6.45, 7) is 7.84. The number of carbonyl (C=O) groups is 1. The monoisotopic (exact) mass is 429 g/mol. The maximum Gasteiger partial charge on any atom is 0.324 e. The number of hydroxylamine groups is 1. The fourth-order valence-corrected chi connectivity index (χ4v) is 4.91. The average molecular weight is 430 g/mol. The number of thiophene rings is 1. The van der Waals surface area contributed by atoms with Crippen LogP contribution in [-0.2, 0) is 24.4 Å². The number of carbonyl (C=O) groups excluding carboxylic acids is 1. The molecule has 0 aliphatic heterocycles. The van der Waals surface area contributed by atoms with Gasteiger partial charge in [-0.1, -0.05) is 16.6 Å². The summed E-state index contributed by atoms with van der Waals surface area (Å²) in [5.74, 6) is -1.09. The molecular weight excluding hydrogens is 405 g/mol. The molecule has 2 aromatic rings. The van der Waals surface area contributed by atoms with E-state index >= 15 is 0 Å². The molecule has 1 heterocycles. The molecule has 0 aliphatic rings. The molecule has 0 radical (unpaired) electrons. The molecule has 2 rings (SSSR count). The maximum absolute atomic E-state index is 13.1. The third-order valence-corrected chi connectivity index (χ3v) is 6.45. The number of benzene rings is 1. The van der Waals surface area contributed by atoms with Crippen LogP contribution in [0, 0.1) is 5.82 Å². The third kappa shape index (κ3) is 6.10. The molecule has 1 aromatic carbocycles. The molecule has 0 atom stereocenters. The van der Waals surface area contributed by atoms with Crippen LogP contribution in [0.15, 0.2) is 40.6 Å². The zero-order chi connectivity index (χ0) is 21.1. The van der Waals surface area contributed by atoms with Crippen molar-refractivity contribution in [2.75, 3.05) is 6.54 Å². The molecule has 0 spiro atoms. The first-order valence-electron chi connectivity index (χ1n) is 8.65. The van der Waals surface area contributed by atoms with Gasteiger partial charge in [-0.3, -0.25) is 9.63 Å². The van der Waals surface area contributed by atoms with E-state index in [1.807, 2.05) is 0 Å². The van der Waals surface area contributed by atoms with Crippen molar-refractivity contribution in [2.45, 2.75) is 50.5 Å². The topological polar surface area (TPSA) is 72.9 Å². The minimum Gasteiger partial charge on any atom is -0.459 e. The predicted molar refractivity (Wildman–Crippen MR) is 106 cm³/mol. The van der Waals surface area contributed by atoms with E-state index in [0.717, 1.165) is 11.3 Å². The number of rotatable bonds is 7. The van der Waals surface area contributed by atoms with Gasteiger partial charge in [-0.2, -0.15) is 0 Å². The quantitative estimate of drug-likeness (QED) is 0.487. The van der Waals surface area contributed by atoms with Crippen LogP contribution in [0.5, 0.6) is 0 Å². The summed E-state index contributed by atoms with van der Waals surface area (Å²) >= 11 is 1.01. The first-order valence-corrected chi connectivity index (χ1v) is 10.9. The Morgan fingerprint density at radius 3 is 2.29 bits per heavy atom. The van der Waals surface area contributed by atoms with E-state index in [9.17, 15) is 17.6 Å². The van der Waals surface area contributed by atoms with Gasteiger partial charge in [0.1, 0.15) is 22.2 Å². The minimum atomic E-state index is -4.09. The van der Waals surface area contributed by atoms with Crippen LogP contribution < -0.4 is 0 Å². The predicted octanol–water partition coefficient (Wildman–Crippen LogP) is 4.23. The first-order chi connectivity index (χ1) is 12.9. The molecule has 154 valence electrons. The summed E-state index contributed by atoms with van der Waals surface area (Å²) in [4.78, 5) is 18.2. The second-order valence-electron chi connectivity index (χ2n) is 7.33. The molecule has 0 amide bonds. The average Bonchev–Trinajstić information content (AvgIpc) is 3.03. The van der Waals surface area contributed by atoms with E-state index in [0.29, 0.717) is 14.9 Å². The molecule has 0 saturated carbocycles. The highest BCUT2D eigenvalue weighted by molar-refractivity contribution is 7.91. The summed E-state index contributed by atoms with van der Waals surface area (Å²) in [6, 6.07) is 8.82. The van der Waals surface area contributed by atoms with E-state index in [1.54, 1.807) is 52.8 Å². The van der Waals surface area contributed by atoms with E-state index in [-0.39, 0.29) is 10.0 Å². The molecule has 0 fully saturated rings. The van der Waals surface area contributed by atoms with Gasteiger partial charge in [-0.05, 0) is 64.4 Å². The molecule has 9 heteroatoms. The van der Waals surface area contributed by atoms with Crippen molar-refractivity contribution in [1.29, 1.82) is 0 Å². The van der Waals surface area contributed by atoms with Crippen LogP contribution in [0.1, 0.15) is 34.6 Å². The summed E-state index contributed by atoms with van der Waals surface area (Å²) in [5, 5.41) is 0. The molecule has 0 unspecified atom stereocenters. The van der Waals surface area contributed by atoms with Gasteiger partial charge in [0.05, 0.1) is 6.10 Å². The smallest absolute Gasteiger partial charge is 0.324 e. The van der Waals surface area contributed by atoms with Crippen molar-refractivity contribution in [3.63, 3.8) is 0 Å². The lowest BCUT2D eigenvalue weighted by molar-refractivity contribution is -0.170. The standard InChI is InChI=1S/C19H24FNO5S2/c1-13(2)26-21(12-17(22)25-19(3,4)5)28(23,24)18-11-10-16(27-18)14-6-8-15(20)9-7-14/h6-11,13H,12H2,1-5H3. The number of hydrogen-bond acceptors (Lipinski definition) is 6. The summed E-state index contributed by atoms with van der Waals surface area (Å²) in [7, 11) is -4.09. The van der Waals surface area contributed by atoms with Gasteiger partial charge in [0.15, 0.2) is 0 Å². The Hall–Kier alpha value is -1.81. The molecule has 0 aliphatic carbocycles. The Labute approximate surface area is 168 Å². The number of sulfonamides is 1. The second kappa shape index (κ2) is 8.69. The van der Waals surface area contributed by atoms with Gasteiger partial charge in [0.2, 0.25) is 0 Å². The third-order valence-electron chi connectivity index (χ3n) is 3.24. The Morgan fingerprint density at radius 2 is 1.75 bits per heavy atom. The number of esters is 1. The largest absolute Gasteiger partial charge is 0.459 e. The lowest BCUT2D eigenvalue weighted by Gasteiger charge is -2.25. The molecule has 0 N–H and O–H groups in total. The Morgan fingerprint density at radius 1 is 1.14 bits per heavy atom. The summed E-state index contributed by atoms with van der Waals surface area (Å²) < 4.78 is 45.0. The van der Waals surface area contributed by atoms with Crippen molar-refractivity contribution in [1.82, 2.24) is 4.47 Å². The van der Waals surface area contributed by atoms with Crippen molar-refractivity contribution in [2.24, 2.45) is 0 Å². The number of hydrogen-bond donors (Lipinski definition) is 0. The first kappa shape index (κ1) is 22.5. The SMILES string of the molecule is CC(C)ON(CC(=O)OC(C)(C)C)S(=O)(=O)c1ccc(-c2ccc(F)cc2)s1.